The first-order valence-corrected chi connectivity index (χ1v) is 6.72. The molecule has 19 heavy (non-hydrogen) atoms. The second-order valence-corrected chi connectivity index (χ2v) is 5.90. The van der Waals surface area contributed by atoms with Crippen LogP contribution in [0.1, 0.15) is 24.6 Å². The van der Waals surface area contributed by atoms with Crippen molar-refractivity contribution >= 4 is 16.9 Å². The van der Waals surface area contributed by atoms with E-state index in [4.69, 9.17) is 0 Å². The van der Waals surface area contributed by atoms with E-state index in [1.807, 2.05) is 24.3 Å². The van der Waals surface area contributed by atoms with E-state index in [1.54, 1.807) is 0 Å². The Balaban J connectivity index is 1.81. The Bertz CT molecular complexity index is 702. The quantitative estimate of drug-likeness (QED) is 0.734. The zero-order valence-corrected chi connectivity index (χ0v) is 10.8. The Morgan fingerprint density at radius 1 is 1.37 bits per heavy atom. The molecule has 0 unspecified atom stereocenters. The number of nitrogens with zero attached hydrogens (tertiary/aromatic N) is 3. The average Bonchev–Trinajstić information content (AvgIpc) is 3.11. The van der Waals surface area contributed by atoms with Gasteiger partial charge in [-0.1, -0.05) is 36.4 Å². The lowest BCUT2D eigenvalue weighted by Crippen LogP contribution is -2.36. The summed E-state index contributed by atoms with van der Waals surface area (Å²) in [4.78, 5) is 12.9. The maximum absolute atomic E-state index is 12.9. The predicted molar refractivity (Wildman–Crippen MR) is 71.6 cm³/mol. The predicted octanol–water partition coefficient (Wildman–Crippen LogP) is 2.67. The number of rotatable bonds is 1. The molecule has 4 heteroatoms. The number of fused-ring (bicyclic) bond motifs is 3. The van der Waals surface area contributed by atoms with Crippen LogP contribution in [0.2, 0.25) is 0 Å². The largest absolute Gasteiger partial charge is 0.272 e. The van der Waals surface area contributed by atoms with E-state index in [9.17, 15) is 4.79 Å². The molecule has 4 nitrogen and oxygen atoms in total. The molecule has 4 rings (SSSR count). The van der Waals surface area contributed by atoms with Crippen molar-refractivity contribution in [3.05, 3.63) is 36.4 Å². The van der Waals surface area contributed by atoms with Crippen molar-refractivity contribution in [1.29, 1.82) is 0 Å². The molecule has 2 aliphatic carbocycles. The van der Waals surface area contributed by atoms with Gasteiger partial charge in [-0.25, -0.2) is 0 Å². The van der Waals surface area contributed by atoms with Crippen molar-refractivity contribution in [2.75, 3.05) is 0 Å². The van der Waals surface area contributed by atoms with E-state index < -0.39 is 0 Å². The van der Waals surface area contributed by atoms with Gasteiger partial charge in [0.1, 0.15) is 5.52 Å². The smallest absolute Gasteiger partial charge is 0.255 e. The van der Waals surface area contributed by atoms with Crippen molar-refractivity contribution in [3.63, 3.8) is 0 Å². The van der Waals surface area contributed by atoms with Crippen LogP contribution in [0.5, 0.6) is 0 Å². The molecule has 2 aromatic rings. The van der Waals surface area contributed by atoms with Crippen LogP contribution in [0.3, 0.4) is 0 Å². The van der Waals surface area contributed by atoms with Gasteiger partial charge >= 0.3 is 0 Å². The monoisotopic (exact) mass is 253 g/mol. The highest BCUT2D eigenvalue weighted by atomic mass is 16.2. The number of hydrogen-bond acceptors (Lipinski definition) is 3. The highest BCUT2D eigenvalue weighted by Crippen LogP contribution is 2.52. The van der Waals surface area contributed by atoms with Gasteiger partial charge < -0.3 is 0 Å². The van der Waals surface area contributed by atoms with Crippen LogP contribution in [0.4, 0.5) is 0 Å². The van der Waals surface area contributed by atoms with Gasteiger partial charge in [0.15, 0.2) is 0 Å². The van der Waals surface area contributed by atoms with Crippen molar-refractivity contribution in [3.8, 4) is 0 Å². The normalized spacial score (nSPS) is 32.3. The molecule has 3 atom stereocenters. The van der Waals surface area contributed by atoms with E-state index in [1.165, 1.54) is 4.68 Å². The van der Waals surface area contributed by atoms with Crippen LogP contribution in [0, 0.1) is 17.3 Å². The molecule has 1 aromatic carbocycles. The van der Waals surface area contributed by atoms with Gasteiger partial charge in [-0.3, -0.25) is 4.79 Å². The number of para-hydroxylation sites is 1. The Labute approximate surface area is 111 Å². The number of aromatic nitrogens is 3. The van der Waals surface area contributed by atoms with Crippen LogP contribution in [-0.4, -0.2) is 20.9 Å². The Hall–Kier alpha value is -1.97. The van der Waals surface area contributed by atoms with Gasteiger partial charge in [-0.2, -0.15) is 4.68 Å². The number of benzene rings is 1. The third-order valence-corrected chi connectivity index (χ3v) is 4.71. The maximum Gasteiger partial charge on any atom is 0.255 e. The number of hydrogen-bond donors (Lipinski definition) is 0. The third-order valence-electron chi connectivity index (χ3n) is 4.71. The van der Waals surface area contributed by atoms with Gasteiger partial charge in [0, 0.05) is 0 Å². The van der Waals surface area contributed by atoms with E-state index in [-0.39, 0.29) is 11.3 Å². The van der Waals surface area contributed by atoms with Gasteiger partial charge in [0.25, 0.3) is 5.91 Å². The summed E-state index contributed by atoms with van der Waals surface area (Å²) in [7, 11) is 0. The maximum atomic E-state index is 12.9. The van der Waals surface area contributed by atoms with E-state index in [2.05, 4.69) is 29.4 Å². The Kier molecular flexibility index (Phi) is 2.03. The van der Waals surface area contributed by atoms with Gasteiger partial charge in [0.05, 0.1) is 10.9 Å². The molecule has 0 spiro atoms. The van der Waals surface area contributed by atoms with Crippen molar-refractivity contribution in [2.24, 2.45) is 17.3 Å². The molecule has 1 saturated carbocycles. The number of carbonyl (C=O) groups excluding carboxylic acids is 1. The summed E-state index contributed by atoms with van der Waals surface area (Å²) in [5, 5.41) is 8.14. The lowest BCUT2D eigenvalue weighted by Gasteiger charge is -2.29. The highest BCUT2D eigenvalue weighted by Gasteiger charge is 2.51. The number of allylic oxidation sites excluding steroid dienone is 2. The molecule has 0 aliphatic heterocycles. The fourth-order valence-corrected chi connectivity index (χ4v) is 3.60. The van der Waals surface area contributed by atoms with E-state index in [0.29, 0.717) is 11.8 Å². The minimum absolute atomic E-state index is 0.0815. The Morgan fingerprint density at radius 2 is 2.21 bits per heavy atom. The fraction of sp³-hybridized carbons (Fsp3) is 0.400. The topological polar surface area (TPSA) is 47.8 Å². The molecular weight excluding hydrogens is 238 g/mol. The van der Waals surface area contributed by atoms with Crippen molar-refractivity contribution in [2.45, 2.75) is 19.8 Å². The summed E-state index contributed by atoms with van der Waals surface area (Å²) in [6.45, 7) is 2.07. The van der Waals surface area contributed by atoms with E-state index in [0.717, 1.165) is 23.9 Å². The van der Waals surface area contributed by atoms with Gasteiger partial charge in [-0.05, 0) is 36.8 Å². The molecule has 0 N–H and O–H groups in total. The molecule has 1 aromatic heterocycles. The average molecular weight is 253 g/mol. The van der Waals surface area contributed by atoms with Crippen LogP contribution in [0.15, 0.2) is 36.4 Å². The zero-order valence-electron chi connectivity index (χ0n) is 10.8. The SMILES string of the molecule is C[C@]1(C(=O)n2nnc3ccccc32)C[C@H]2C=C[C@@H]1C2. The number of carbonyl (C=O) groups is 1. The van der Waals surface area contributed by atoms with Gasteiger partial charge in [-0.15, -0.1) is 5.10 Å². The molecule has 2 bridgehead atoms. The third kappa shape index (κ3) is 1.37. The summed E-state index contributed by atoms with van der Waals surface area (Å²) in [6, 6.07) is 7.61. The molecular formula is C15H15N3O. The zero-order chi connectivity index (χ0) is 13.0. The first-order chi connectivity index (χ1) is 9.18. The standard InChI is InChI=1S/C15H15N3O/c1-15(9-10-6-7-11(15)8-10)14(19)18-13-5-3-2-4-12(13)16-17-18/h2-7,10-11H,8-9H2,1H3/t10-,11+,15-/m0/s1. The summed E-state index contributed by atoms with van der Waals surface area (Å²) in [6.07, 6.45) is 6.49. The van der Waals surface area contributed by atoms with Crippen LogP contribution >= 0.6 is 0 Å². The minimum Gasteiger partial charge on any atom is -0.272 e. The van der Waals surface area contributed by atoms with Gasteiger partial charge in [0.2, 0.25) is 0 Å². The molecule has 0 radical (unpaired) electrons. The summed E-state index contributed by atoms with van der Waals surface area (Å²) in [5.74, 6) is 1.000. The molecule has 96 valence electrons. The molecule has 2 aliphatic rings. The molecule has 0 saturated heterocycles. The lowest BCUT2D eigenvalue weighted by molar-refractivity contribution is 0.0664. The summed E-state index contributed by atoms with van der Waals surface area (Å²) < 4.78 is 1.49. The van der Waals surface area contributed by atoms with Crippen molar-refractivity contribution in [1.82, 2.24) is 15.0 Å². The van der Waals surface area contributed by atoms with E-state index >= 15 is 0 Å². The second kappa shape index (κ2) is 3.53. The summed E-state index contributed by atoms with van der Waals surface area (Å²) >= 11 is 0. The van der Waals surface area contributed by atoms with Crippen LogP contribution in [0.25, 0.3) is 11.0 Å². The first kappa shape index (κ1) is 10.9. The lowest BCUT2D eigenvalue weighted by atomic mass is 9.77. The Morgan fingerprint density at radius 3 is 2.95 bits per heavy atom. The van der Waals surface area contributed by atoms with Crippen molar-refractivity contribution < 1.29 is 4.79 Å². The molecule has 1 fully saturated rings. The van der Waals surface area contributed by atoms with Crippen LogP contribution < -0.4 is 0 Å². The first-order valence-electron chi connectivity index (χ1n) is 6.72. The molecule has 0 amide bonds. The highest BCUT2D eigenvalue weighted by molar-refractivity contribution is 5.92. The minimum atomic E-state index is -0.324. The fourth-order valence-electron chi connectivity index (χ4n) is 3.60. The second-order valence-electron chi connectivity index (χ2n) is 5.90. The summed E-state index contributed by atoms with van der Waals surface area (Å²) in [5.41, 5.74) is 1.26. The van der Waals surface area contributed by atoms with Crippen LogP contribution in [-0.2, 0) is 0 Å². The molecule has 1 heterocycles.